The lowest BCUT2D eigenvalue weighted by Gasteiger charge is -2.09. The Morgan fingerprint density at radius 1 is 1.54 bits per heavy atom. The maximum absolute atomic E-state index is 10.2. The molecule has 0 fully saturated rings. The minimum atomic E-state index is 0.594. The molecule has 1 amide bonds. The van der Waals surface area contributed by atoms with Gasteiger partial charge in [-0.15, -0.1) is 0 Å². The minimum absolute atomic E-state index is 0.594. The summed E-state index contributed by atoms with van der Waals surface area (Å²) in [5, 5.41) is 2.58. The molecule has 0 aromatic heterocycles. The van der Waals surface area contributed by atoms with Crippen LogP contribution in [0.25, 0.3) is 0 Å². The lowest BCUT2D eigenvalue weighted by atomic mass is 10.2. The molecule has 0 aliphatic carbocycles. The number of nitrogens with one attached hydrogen (secondary N) is 1. The monoisotopic (exact) mass is 179 g/mol. The molecule has 0 heterocycles. The Morgan fingerprint density at radius 3 is 2.92 bits per heavy atom. The van der Waals surface area contributed by atoms with Crippen molar-refractivity contribution < 1.29 is 9.53 Å². The van der Waals surface area contributed by atoms with E-state index in [1.165, 1.54) is 0 Å². The maximum Gasteiger partial charge on any atom is 0.211 e. The maximum atomic E-state index is 10.2. The second-order valence-electron chi connectivity index (χ2n) is 2.69. The topological polar surface area (TPSA) is 38.3 Å². The molecule has 0 spiro atoms. The van der Waals surface area contributed by atoms with E-state index < -0.39 is 0 Å². The van der Waals surface area contributed by atoms with Crippen molar-refractivity contribution in [2.75, 3.05) is 11.9 Å². The fourth-order valence-corrected chi connectivity index (χ4v) is 1.09. The number of carbonyl (C=O) groups excluding carboxylic acids is 1. The third-order valence-corrected chi connectivity index (χ3v) is 1.65. The van der Waals surface area contributed by atoms with Crippen LogP contribution in [0.3, 0.4) is 0 Å². The lowest BCUT2D eigenvalue weighted by molar-refractivity contribution is -0.105. The van der Waals surface area contributed by atoms with E-state index in [-0.39, 0.29) is 0 Å². The largest absolute Gasteiger partial charge is 0.492 e. The van der Waals surface area contributed by atoms with Crippen LogP contribution in [0.2, 0.25) is 0 Å². The molecular weight excluding hydrogens is 166 g/mol. The molecule has 0 saturated heterocycles. The van der Waals surface area contributed by atoms with Gasteiger partial charge in [0.05, 0.1) is 12.3 Å². The Bertz CT molecular complexity index is 297. The second kappa shape index (κ2) is 4.50. The van der Waals surface area contributed by atoms with Crippen LogP contribution in [-0.4, -0.2) is 13.0 Å². The van der Waals surface area contributed by atoms with Crippen molar-refractivity contribution in [1.82, 2.24) is 0 Å². The predicted molar refractivity (Wildman–Crippen MR) is 52.0 cm³/mol. The standard InChI is InChI=1S/C10H13NO2/c1-3-13-10-6-8(2)4-5-9(10)11-7-12/h4-7H,3H2,1-2H3,(H,11,12). The van der Waals surface area contributed by atoms with E-state index in [0.29, 0.717) is 18.7 Å². The molecule has 0 bridgehead atoms. The molecule has 13 heavy (non-hydrogen) atoms. The average Bonchev–Trinajstić information content (AvgIpc) is 2.10. The summed E-state index contributed by atoms with van der Waals surface area (Å²) in [6.07, 6.45) is 0.646. The van der Waals surface area contributed by atoms with Crippen LogP contribution in [0.5, 0.6) is 5.75 Å². The fraction of sp³-hybridized carbons (Fsp3) is 0.300. The first kappa shape index (κ1) is 9.58. The molecule has 3 nitrogen and oxygen atoms in total. The van der Waals surface area contributed by atoms with E-state index in [4.69, 9.17) is 4.74 Å². The fourth-order valence-electron chi connectivity index (χ4n) is 1.09. The summed E-state index contributed by atoms with van der Waals surface area (Å²) in [4.78, 5) is 10.2. The molecule has 0 saturated carbocycles. The first-order valence-electron chi connectivity index (χ1n) is 4.21. The van der Waals surface area contributed by atoms with Gasteiger partial charge in [-0.2, -0.15) is 0 Å². The number of hydrogen-bond donors (Lipinski definition) is 1. The van der Waals surface area contributed by atoms with Gasteiger partial charge in [-0.25, -0.2) is 0 Å². The molecule has 1 rings (SSSR count). The van der Waals surface area contributed by atoms with Crippen LogP contribution in [0.4, 0.5) is 5.69 Å². The number of anilines is 1. The number of amides is 1. The SMILES string of the molecule is CCOc1cc(C)ccc1NC=O. The average molecular weight is 179 g/mol. The Balaban J connectivity index is 2.95. The van der Waals surface area contributed by atoms with Crippen molar-refractivity contribution in [3.63, 3.8) is 0 Å². The molecule has 1 aromatic carbocycles. The number of carbonyl (C=O) groups is 1. The first-order chi connectivity index (χ1) is 6.27. The summed E-state index contributed by atoms with van der Waals surface area (Å²) in [6, 6.07) is 5.65. The van der Waals surface area contributed by atoms with Gasteiger partial charge in [-0.05, 0) is 31.5 Å². The molecule has 70 valence electrons. The number of ether oxygens (including phenoxy) is 1. The van der Waals surface area contributed by atoms with Crippen LogP contribution in [0.1, 0.15) is 12.5 Å². The number of benzene rings is 1. The Kier molecular flexibility index (Phi) is 3.31. The normalized spacial score (nSPS) is 9.38. The molecule has 0 atom stereocenters. The van der Waals surface area contributed by atoms with Crippen LogP contribution < -0.4 is 10.1 Å². The molecule has 0 aliphatic heterocycles. The highest BCUT2D eigenvalue weighted by Gasteiger charge is 2.01. The van der Waals surface area contributed by atoms with Gasteiger partial charge in [0.1, 0.15) is 5.75 Å². The summed E-state index contributed by atoms with van der Waals surface area (Å²) >= 11 is 0. The first-order valence-corrected chi connectivity index (χ1v) is 4.21. The summed E-state index contributed by atoms with van der Waals surface area (Å²) in [6.45, 7) is 4.48. The summed E-state index contributed by atoms with van der Waals surface area (Å²) in [7, 11) is 0. The highest BCUT2D eigenvalue weighted by atomic mass is 16.5. The molecule has 0 radical (unpaired) electrons. The van der Waals surface area contributed by atoms with Crippen LogP contribution >= 0.6 is 0 Å². The summed E-state index contributed by atoms with van der Waals surface area (Å²) < 4.78 is 5.35. The number of hydrogen-bond acceptors (Lipinski definition) is 2. The van der Waals surface area contributed by atoms with E-state index in [0.717, 1.165) is 11.3 Å². The molecule has 0 aliphatic rings. The second-order valence-corrected chi connectivity index (χ2v) is 2.69. The van der Waals surface area contributed by atoms with Crippen molar-refractivity contribution in [2.45, 2.75) is 13.8 Å². The summed E-state index contributed by atoms with van der Waals surface area (Å²) in [5.74, 6) is 0.717. The Hall–Kier alpha value is -1.51. The van der Waals surface area contributed by atoms with Gasteiger partial charge in [-0.3, -0.25) is 4.79 Å². The zero-order valence-electron chi connectivity index (χ0n) is 7.83. The third kappa shape index (κ3) is 2.47. The molecule has 1 aromatic rings. The molecule has 0 unspecified atom stereocenters. The van der Waals surface area contributed by atoms with E-state index in [9.17, 15) is 4.79 Å². The minimum Gasteiger partial charge on any atom is -0.492 e. The van der Waals surface area contributed by atoms with Crippen molar-refractivity contribution in [2.24, 2.45) is 0 Å². The van der Waals surface area contributed by atoms with Gasteiger partial charge < -0.3 is 10.1 Å². The van der Waals surface area contributed by atoms with Crippen molar-refractivity contribution >= 4 is 12.1 Å². The van der Waals surface area contributed by atoms with Gasteiger partial charge in [0.25, 0.3) is 0 Å². The van der Waals surface area contributed by atoms with E-state index in [1.54, 1.807) is 0 Å². The van der Waals surface area contributed by atoms with E-state index in [1.807, 2.05) is 32.0 Å². The van der Waals surface area contributed by atoms with Gasteiger partial charge in [0.2, 0.25) is 6.41 Å². The summed E-state index contributed by atoms with van der Waals surface area (Å²) in [5.41, 5.74) is 1.82. The molecule has 3 heteroatoms. The highest BCUT2D eigenvalue weighted by Crippen LogP contribution is 2.24. The van der Waals surface area contributed by atoms with Crippen LogP contribution in [0.15, 0.2) is 18.2 Å². The predicted octanol–water partition coefficient (Wildman–Crippen LogP) is 1.96. The quantitative estimate of drug-likeness (QED) is 0.717. The van der Waals surface area contributed by atoms with Gasteiger partial charge in [-0.1, -0.05) is 6.07 Å². The molecular formula is C10H13NO2. The Labute approximate surface area is 77.7 Å². The van der Waals surface area contributed by atoms with Crippen LogP contribution in [-0.2, 0) is 4.79 Å². The lowest BCUT2D eigenvalue weighted by Crippen LogP contribution is -2.00. The smallest absolute Gasteiger partial charge is 0.211 e. The number of aryl methyl sites for hydroxylation is 1. The van der Waals surface area contributed by atoms with Crippen LogP contribution in [0, 0.1) is 6.92 Å². The third-order valence-electron chi connectivity index (χ3n) is 1.65. The number of rotatable bonds is 4. The van der Waals surface area contributed by atoms with Crippen molar-refractivity contribution in [1.29, 1.82) is 0 Å². The zero-order valence-corrected chi connectivity index (χ0v) is 7.83. The van der Waals surface area contributed by atoms with Gasteiger partial charge >= 0.3 is 0 Å². The van der Waals surface area contributed by atoms with Gasteiger partial charge in [0.15, 0.2) is 0 Å². The zero-order chi connectivity index (χ0) is 9.68. The Morgan fingerprint density at radius 2 is 2.31 bits per heavy atom. The van der Waals surface area contributed by atoms with E-state index in [2.05, 4.69) is 5.32 Å². The van der Waals surface area contributed by atoms with Crippen molar-refractivity contribution in [3.05, 3.63) is 23.8 Å². The highest BCUT2D eigenvalue weighted by molar-refractivity contribution is 5.75. The van der Waals surface area contributed by atoms with Gasteiger partial charge in [0, 0.05) is 0 Å². The van der Waals surface area contributed by atoms with Crippen molar-refractivity contribution in [3.8, 4) is 5.75 Å². The molecule has 1 N–H and O–H groups in total. The van der Waals surface area contributed by atoms with E-state index >= 15 is 0 Å².